The highest BCUT2D eigenvalue weighted by Gasteiger charge is 2.48. The van der Waals surface area contributed by atoms with Gasteiger partial charge in [0.25, 0.3) is 0 Å². The van der Waals surface area contributed by atoms with Crippen LogP contribution in [0.15, 0.2) is 12.4 Å². The molecule has 0 unspecified atom stereocenters. The van der Waals surface area contributed by atoms with Gasteiger partial charge in [0.2, 0.25) is 5.91 Å². The maximum atomic E-state index is 11.8. The molecule has 1 aromatic heterocycles. The fraction of sp³-hybridized carbons (Fsp3) is 0.600. The van der Waals surface area contributed by atoms with Crippen molar-refractivity contribution < 1.29 is 4.79 Å². The zero-order valence-electron chi connectivity index (χ0n) is 8.86. The molecular weight excluding hydrogens is 192 g/mol. The topological polar surface area (TPSA) is 72.9 Å². The Morgan fingerprint density at radius 1 is 1.73 bits per heavy atom. The molecule has 1 saturated carbocycles. The van der Waals surface area contributed by atoms with Crippen LogP contribution in [0.1, 0.15) is 19.8 Å². The molecule has 1 amide bonds. The van der Waals surface area contributed by atoms with E-state index in [0.29, 0.717) is 6.54 Å². The average molecular weight is 208 g/mol. The van der Waals surface area contributed by atoms with Gasteiger partial charge in [-0.1, -0.05) is 0 Å². The molecule has 0 saturated heterocycles. The van der Waals surface area contributed by atoms with Crippen molar-refractivity contribution in [3.05, 3.63) is 12.4 Å². The molecule has 1 aliphatic carbocycles. The molecule has 0 bridgehead atoms. The van der Waals surface area contributed by atoms with Crippen molar-refractivity contribution in [2.75, 3.05) is 11.9 Å². The van der Waals surface area contributed by atoms with Gasteiger partial charge in [0.15, 0.2) is 0 Å². The Balaban J connectivity index is 2.00. The minimum absolute atomic E-state index is 0.0284. The summed E-state index contributed by atoms with van der Waals surface area (Å²) in [5.74, 6) is 0.0284. The molecule has 5 nitrogen and oxygen atoms in total. The van der Waals surface area contributed by atoms with Crippen molar-refractivity contribution in [1.29, 1.82) is 0 Å². The van der Waals surface area contributed by atoms with Crippen LogP contribution in [0.3, 0.4) is 0 Å². The van der Waals surface area contributed by atoms with E-state index in [1.165, 1.54) is 0 Å². The van der Waals surface area contributed by atoms with Crippen LogP contribution in [0.2, 0.25) is 0 Å². The second kappa shape index (κ2) is 3.66. The molecule has 0 spiro atoms. The number of amides is 1. The van der Waals surface area contributed by atoms with Gasteiger partial charge in [-0.15, -0.1) is 0 Å². The lowest BCUT2D eigenvalue weighted by molar-refractivity contribution is -0.120. The standard InChI is InChI=1S/C10H16N4O/c1-2-14-6-8(5-12-14)13-9(15)10(7-11)3-4-10/h5-6H,2-4,7,11H2,1H3,(H,13,15). The number of nitrogens with two attached hydrogens (primary N) is 1. The number of carbonyl (C=O) groups is 1. The van der Waals surface area contributed by atoms with Gasteiger partial charge in [-0.05, 0) is 19.8 Å². The number of aryl methyl sites for hydroxylation is 1. The molecule has 1 heterocycles. The van der Waals surface area contributed by atoms with E-state index in [4.69, 9.17) is 5.73 Å². The predicted molar refractivity (Wildman–Crippen MR) is 57.3 cm³/mol. The molecule has 1 aliphatic rings. The Labute approximate surface area is 88.6 Å². The minimum Gasteiger partial charge on any atom is -0.329 e. The van der Waals surface area contributed by atoms with Crippen molar-refractivity contribution in [2.24, 2.45) is 11.1 Å². The molecule has 2 rings (SSSR count). The number of hydrogen-bond acceptors (Lipinski definition) is 3. The van der Waals surface area contributed by atoms with E-state index in [-0.39, 0.29) is 11.3 Å². The van der Waals surface area contributed by atoms with E-state index in [1.807, 2.05) is 13.1 Å². The summed E-state index contributed by atoms with van der Waals surface area (Å²) < 4.78 is 1.78. The molecular formula is C10H16N4O. The van der Waals surface area contributed by atoms with Gasteiger partial charge in [-0.3, -0.25) is 9.48 Å². The highest BCUT2D eigenvalue weighted by atomic mass is 16.2. The first-order valence-corrected chi connectivity index (χ1v) is 5.24. The summed E-state index contributed by atoms with van der Waals surface area (Å²) in [5.41, 5.74) is 6.03. The predicted octanol–water partition coefficient (Wildman–Crippen LogP) is 0.580. The van der Waals surface area contributed by atoms with Crippen LogP contribution in [0.5, 0.6) is 0 Å². The van der Waals surface area contributed by atoms with Gasteiger partial charge >= 0.3 is 0 Å². The van der Waals surface area contributed by atoms with E-state index >= 15 is 0 Å². The van der Waals surface area contributed by atoms with Crippen molar-refractivity contribution >= 4 is 11.6 Å². The molecule has 0 atom stereocenters. The number of hydrogen-bond donors (Lipinski definition) is 2. The normalized spacial score (nSPS) is 17.5. The molecule has 5 heteroatoms. The Morgan fingerprint density at radius 3 is 2.93 bits per heavy atom. The lowest BCUT2D eigenvalue weighted by Crippen LogP contribution is -2.30. The number of carbonyl (C=O) groups excluding carboxylic acids is 1. The van der Waals surface area contributed by atoms with Crippen molar-refractivity contribution in [1.82, 2.24) is 9.78 Å². The summed E-state index contributed by atoms with van der Waals surface area (Å²) in [4.78, 5) is 11.8. The van der Waals surface area contributed by atoms with Crippen LogP contribution in [0.4, 0.5) is 5.69 Å². The third kappa shape index (κ3) is 1.87. The first-order valence-electron chi connectivity index (χ1n) is 5.24. The number of aromatic nitrogens is 2. The Hall–Kier alpha value is -1.36. The van der Waals surface area contributed by atoms with Crippen LogP contribution in [-0.4, -0.2) is 22.2 Å². The van der Waals surface area contributed by atoms with Crippen molar-refractivity contribution in [3.8, 4) is 0 Å². The van der Waals surface area contributed by atoms with Gasteiger partial charge in [0.1, 0.15) is 0 Å². The van der Waals surface area contributed by atoms with Gasteiger partial charge in [0.05, 0.1) is 17.3 Å². The zero-order valence-corrected chi connectivity index (χ0v) is 8.86. The summed E-state index contributed by atoms with van der Waals surface area (Å²) in [6.07, 6.45) is 5.28. The monoisotopic (exact) mass is 208 g/mol. The SMILES string of the molecule is CCn1cc(NC(=O)C2(CN)CC2)cn1. The fourth-order valence-electron chi connectivity index (χ4n) is 1.54. The second-order valence-electron chi connectivity index (χ2n) is 4.02. The zero-order chi connectivity index (χ0) is 10.9. The highest BCUT2D eigenvalue weighted by molar-refractivity contribution is 5.97. The summed E-state index contributed by atoms with van der Waals surface area (Å²) in [6, 6.07) is 0. The number of anilines is 1. The van der Waals surface area contributed by atoms with E-state index in [0.717, 1.165) is 25.1 Å². The maximum absolute atomic E-state index is 11.8. The maximum Gasteiger partial charge on any atom is 0.231 e. The van der Waals surface area contributed by atoms with Crippen molar-refractivity contribution in [2.45, 2.75) is 26.3 Å². The smallest absolute Gasteiger partial charge is 0.231 e. The van der Waals surface area contributed by atoms with E-state index in [1.54, 1.807) is 10.9 Å². The summed E-state index contributed by atoms with van der Waals surface area (Å²) in [7, 11) is 0. The first-order chi connectivity index (χ1) is 7.20. The second-order valence-corrected chi connectivity index (χ2v) is 4.02. The van der Waals surface area contributed by atoms with Gasteiger partial charge < -0.3 is 11.1 Å². The van der Waals surface area contributed by atoms with Crippen LogP contribution < -0.4 is 11.1 Å². The molecule has 3 N–H and O–H groups in total. The largest absolute Gasteiger partial charge is 0.329 e. The minimum atomic E-state index is -0.297. The van der Waals surface area contributed by atoms with Crippen LogP contribution in [-0.2, 0) is 11.3 Å². The summed E-state index contributed by atoms with van der Waals surface area (Å²) >= 11 is 0. The molecule has 1 fully saturated rings. The van der Waals surface area contributed by atoms with Crippen LogP contribution in [0.25, 0.3) is 0 Å². The fourth-order valence-corrected chi connectivity index (χ4v) is 1.54. The summed E-state index contributed by atoms with van der Waals surface area (Å²) in [5, 5.41) is 6.93. The van der Waals surface area contributed by atoms with Crippen LogP contribution in [0, 0.1) is 5.41 Å². The van der Waals surface area contributed by atoms with Crippen LogP contribution >= 0.6 is 0 Å². The first kappa shape index (κ1) is 10.2. The molecule has 0 aromatic carbocycles. The highest BCUT2D eigenvalue weighted by Crippen LogP contribution is 2.45. The van der Waals surface area contributed by atoms with E-state index < -0.39 is 0 Å². The van der Waals surface area contributed by atoms with E-state index in [2.05, 4.69) is 10.4 Å². The van der Waals surface area contributed by atoms with Crippen molar-refractivity contribution in [3.63, 3.8) is 0 Å². The average Bonchev–Trinajstić information content (AvgIpc) is 2.94. The Bertz CT molecular complexity index is 367. The van der Waals surface area contributed by atoms with Gasteiger partial charge in [0, 0.05) is 19.3 Å². The molecule has 0 radical (unpaired) electrons. The number of nitrogens with one attached hydrogen (secondary N) is 1. The Morgan fingerprint density at radius 2 is 2.47 bits per heavy atom. The molecule has 0 aliphatic heterocycles. The lowest BCUT2D eigenvalue weighted by Gasteiger charge is -2.10. The van der Waals surface area contributed by atoms with E-state index in [9.17, 15) is 4.79 Å². The van der Waals surface area contributed by atoms with Gasteiger partial charge in [-0.25, -0.2) is 0 Å². The van der Waals surface area contributed by atoms with Gasteiger partial charge in [-0.2, -0.15) is 5.10 Å². The lowest BCUT2D eigenvalue weighted by atomic mass is 10.1. The third-order valence-corrected chi connectivity index (χ3v) is 2.94. The molecule has 82 valence electrons. The number of rotatable bonds is 4. The third-order valence-electron chi connectivity index (χ3n) is 2.94. The molecule has 1 aromatic rings. The quantitative estimate of drug-likeness (QED) is 0.760. The molecule has 15 heavy (non-hydrogen) atoms. The number of nitrogens with zero attached hydrogens (tertiary/aromatic N) is 2. The Kier molecular flexibility index (Phi) is 2.48. The summed E-state index contributed by atoms with van der Waals surface area (Å²) in [6.45, 7) is 3.24.